The van der Waals surface area contributed by atoms with Crippen LogP contribution in [0.15, 0.2) is 30.5 Å². The highest BCUT2D eigenvalue weighted by Crippen LogP contribution is 2.21. The van der Waals surface area contributed by atoms with Crippen molar-refractivity contribution in [3.05, 3.63) is 58.8 Å². The lowest BCUT2D eigenvalue weighted by molar-refractivity contribution is 0.556. The zero-order valence-electron chi connectivity index (χ0n) is 9.37. The minimum absolute atomic E-state index is 0.0321. The highest BCUT2D eigenvalue weighted by Gasteiger charge is 2.13. The van der Waals surface area contributed by atoms with Gasteiger partial charge in [0.25, 0.3) is 0 Å². The van der Waals surface area contributed by atoms with Crippen molar-refractivity contribution in [3.8, 4) is 0 Å². The molecule has 0 amide bonds. The van der Waals surface area contributed by atoms with Crippen LogP contribution >= 0.6 is 0 Å². The Balaban J connectivity index is 2.43. The van der Waals surface area contributed by atoms with Gasteiger partial charge >= 0.3 is 0 Å². The second-order valence-corrected chi connectivity index (χ2v) is 3.88. The normalized spacial score (nSPS) is 10.5. The van der Waals surface area contributed by atoms with Crippen LogP contribution in [0.2, 0.25) is 0 Å². The fraction of sp³-hybridized carbons (Fsp3) is 0.154. The summed E-state index contributed by atoms with van der Waals surface area (Å²) in [4.78, 5) is 3.89. The van der Waals surface area contributed by atoms with Crippen molar-refractivity contribution in [1.82, 2.24) is 4.98 Å². The maximum atomic E-state index is 13.8. The Bertz CT molecular complexity index is 553. The van der Waals surface area contributed by atoms with Crippen molar-refractivity contribution in [2.45, 2.75) is 13.3 Å². The molecule has 1 aromatic carbocycles. The lowest BCUT2D eigenvalue weighted by Gasteiger charge is -2.08. The fourth-order valence-electron chi connectivity index (χ4n) is 1.67. The van der Waals surface area contributed by atoms with Crippen molar-refractivity contribution in [2.75, 3.05) is 5.73 Å². The van der Waals surface area contributed by atoms with Gasteiger partial charge in [-0.1, -0.05) is 12.1 Å². The van der Waals surface area contributed by atoms with E-state index < -0.39 is 11.6 Å². The molecule has 17 heavy (non-hydrogen) atoms. The molecule has 0 aliphatic heterocycles. The van der Waals surface area contributed by atoms with Crippen LogP contribution in [0.4, 0.5) is 14.6 Å². The minimum Gasteiger partial charge on any atom is -0.383 e. The third-order valence-corrected chi connectivity index (χ3v) is 2.67. The molecular formula is C13H12F2N2. The highest BCUT2D eigenvalue weighted by atomic mass is 19.1. The van der Waals surface area contributed by atoms with Crippen LogP contribution in [0.3, 0.4) is 0 Å². The summed E-state index contributed by atoms with van der Waals surface area (Å²) < 4.78 is 27.3. The number of nitrogen functional groups attached to an aromatic ring is 1. The molecule has 2 aromatic rings. The van der Waals surface area contributed by atoms with Gasteiger partial charge in [-0.2, -0.15) is 0 Å². The van der Waals surface area contributed by atoms with Crippen molar-refractivity contribution in [1.29, 1.82) is 0 Å². The molecular weight excluding hydrogens is 222 g/mol. The van der Waals surface area contributed by atoms with E-state index in [0.29, 0.717) is 16.9 Å². The van der Waals surface area contributed by atoms with E-state index in [4.69, 9.17) is 5.73 Å². The first kappa shape index (κ1) is 11.5. The average molecular weight is 234 g/mol. The van der Waals surface area contributed by atoms with Crippen LogP contribution in [0.25, 0.3) is 0 Å². The number of hydrogen-bond donors (Lipinski definition) is 1. The van der Waals surface area contributed by atoms with Gasteiger partial charge in [0, 0.05) is 18.2 Å². The molecule has 0 radical (unpaired) electrons. The van der Waals surface area contributed by atoms with Gasteiger partial charge < -0.3 is 5.73 Å². The molecule has 88 valence electrons. The van der Waals surface area contributed by atoms with Crippen molar-refractivity contribution in [2.24, 2.45) is 0 Å². The third kappa shape index (κ3) is 2.25. The van der Waals surface area contributed by atoms with Crippen molar-refractivity contribution < 1.29 is 8.78 Å². The topological polar surface area (TPSA) is 38.9 Å². The van der Waals surface area contributed by atoms with Gasteiger partial charge in [-0.15, -0.1) is 0 Å². The first-order chi connectivity index (χ1) is 8.09. The summed E-state index contributed by atoms with van der Waals surface area (Å²) in [6.45, 7) is 1.60. The molecule has 0 saturated heterocycles. The Hall–Kier alpha value is -1.97. The molecule has 0 aliphatic carbocycles. The van der Waals surface area contributed by atoms with E-state index in [-0.39, 0.29) is 12.0 Å². The molecule has 0 saturated carbocycles. The second-order valence-electron chi connectivity index (χ2n) is 3.88. The largest absolute Gasteiger partial charge is 0.383 e. The molecule has 0 unspecified atom stereocenters. The number of nitrogens with zero attached hydrogens (tertiary/aromatic N) is 1. The Morgan fingerprint density at radius 3 is 2.71 bits per heavy atom. The first-order valence-electron chi connectivity index (χ1n) is 5.22. The number of pyridine rings is 1. The lowest BCUT2D eigenvalue weighted by Crippen LogP contribution is -2.03. The van der Waals surface area contributed by atoms with Gasteiger partial charge in [-0.25, -0.2) is 13.8 Å². The monoisotopic (exact) mass is 234 g/mol. The number of benzene rings is 1. The van der Waals surface area contributed by atoms with Crippen molar-refractivity contribution in [3.63, 3.8) is 0 Å². The van der Waals surface area contributed by atoms with Crippen LogP contribution in [0, 0.1) is 18.6 Å². The lowest BCUT2D eigenvalue weighted by atomic mass is 10.0. The zero-order chi connectivity index (χ0) is 12.4. The van der Waals surface area contributed by atoms with E-state index in [0.717, 1.165) is 0 Å². The Morgan fingerprint density at radius 2 is 2.00 bits per heavy atom. The molecule has 0 spiro atoms. The number of aromatic nitrogens is 1. The smallest absolute Gasteiger partial charge is 0.132 e. The van der Waals surface area contributed by atoms with E-state index in [9.17, 15) is 8.78 Å². The first-order valence-corrected chi connectivity index (χ1v) is 5.22. The highest BCUT2D eigenvalue weighted by molar-refractivity contribution is 5.43. The van der Waals surface area contributed by atoms with Crippen LogP contribution in [0.1, 0.15) is 16.7 Å². The van der Waals surface area contributed by atoms with Gasteiger partial charge in [0.05, 0.1) is 0 Å². The number of hydrogen-bond acceptors (Lipinski definition) is 2. The van der Waals surface area contributed by atoms with Gasteiger partial charge in [0.15, 0.2) is 0 Å². The minimum atomic E-state index is -0.559. The molecule has 2 rings (SSSR count). The van der Waals surface area contributed by atoms with E-state index >= 15 is 0 Å². The maximum absolute atomic E-state index is 13.8. The van der Waals surface area contributed by atoms with Crippen LogP contribution in [-0.4, -0.2) is 4.98 Å². The Kier molecular flexibility index (Phi) is 3.04. The van der Waals surface area contributed by atoms with Gasteiger partial charge in [-0.05, 0) is 30.2 Å². The summed E-state index contributed by atoms with van der Waals surface area (Å²) in [7, 11) is 0. The Morgan fingerprint density at radius 1 is 1.24 bits per heavy atom. The SMILES string of the molecule is Cc1ccc(F)c(Cc2cccnc2N)c1F. The van der Waals surface area contributed by atoms with E-state index in [1.165, 1.54) is 12.1 Å². The molecule has 0 fully saturated rings. The van der Waals surface area contributed by atoms with E-state index in [1.807, 2.05) is 0 Å². The van der Waals surface area contributed by atoms with E-state index in [2.05, 4.69) is 4.98 Å². The zero-order valence-corrected chi connectivity index (χ0v) is 9.37. The quantitative estimate of drug-likeness (QED) is 0.867. The molecule has 4 heteroatoms. The molecule has 0 atom stereocenters. The Labute approximate surface area is 98.1 Å². The number of nitrogens with two attached hydrogens (primary N) is 1. The molecule has 1 aromatic heterocycles. The third-order valence-electron chi connectivity index (χ3n) is 2.67. The maximum Gasteiger partial charge on any atom is 0.132 e. The molecule has 1 heterocycles. The van der Waals surface area contributed by atoms with Gasteiger partial charge in [0.1, 0.15) is 17.5 Å². The second kappa shape index (κ2) is 4.49. The summed E-state index contributed by atoms with van der Waals surface area (Å²) >= 11 is 0. The predicted octanol–water partition coefficient (Wildman–Crippen LogP) is 2.84. The average Bonchev–Trinajstić information content (AvgIpc) is 2.32. The fourth-order valence-corrected chi connectivity index (χ4v) is 1.67. The number of aryl methyl sites for hydroxylation is 1. The molecule has 0 aliphatic rings. The molecule has 0 bridgehead atoms. The van der Waals surface area contributed by atoms with Gasteiger partial charge in [-0.3, -0.25) is 0 Å². The standard InChI is InChI=1S/C13H12F2N2/c1-8-4-5-11(14)10(12(8)15)7-9-3-2-6-17-13(9)16/h2-6H,7H2,1H3,(H2,16,17). The number of halogens is 2. The summed E-state index contributed by atoms with van der Waals surface area (Å²) in [5.41, 5.74) is 6.72. The van der Waals surface area contributed by atoms with Gasteiger partial charge in [0.2, 0.25) is 0 Å². The molecule has 2 N–H and O–H groups in total. The van der Waals surface area contributed by atoms with Crippen LogP contribution in [0.5, 0.6) is 0 Å². The number of anilines is 1. The van der Waals surface area contributed by atoms with E-state index in [1.54, 1.807) is 25.3 Å². The van der Waals surface area contributed by atoms with Crippen molar-refractivity contribution >= 4 is 5.82 Å². The summed E-state index contributed by atoms with van der Waals surface area (Å²) in [6.07, 6.45) is 1.65. The summed E-state index contributed by atoms with van der Waals surface area (Å²) in [5, 5.41) is 0. The van der Waals surface area contributed by atoms with Crippen LogP contribution in [-0.2, 0) is 6.42 Å². The summed E-state index contributed by atoms with van der Waals surface area (Å²) in [5.74, 6) is -0.780. The number of rotatable bonds is 2. The summed E-state index contributed by atoms with van der Waals surface area (Å²) in [6, 6.07) is 6.09. The predicted molar refractivity (Wildman–Crippen MR) is 62.6 cm³/mol. The molecule has 2 nitrogen and oxygen atoms in total. The van der Waals surface area contributed by atoms with Crippen LogP contribution < -0.4 is 5.73 Å².